The van der Waals surface area contributed by atoms with E-state index in [0.717, 1.165) is 43.9 Å². The maximum Gasteiger partial charge on any atom is 0.246 e. The number of piperazine rings is 1. The van der Waals surface area contributed by atoms with Crippen molar-refractivity contribution in [3.05, 3.63) is 29.8 Å². The number of carbonyl (C=O) groups is 2. The quantitative estimate of drug-likeness (QED) is 0.448. The fourth-order valence-electron chi connectivity index (χ4n) is 6.18. The van der Waals surface area contributed by atoms with Gasteiger partial charge in [0.15, 0.2) is 0 Å². The number of nitrogens with zero attached hydrogens (tertiary/aromatic N) is 2. The molecule has 0 bridgehead atoms. The van der Waals surface area contributed by atoms with Gasteiger partial charge in [-0.1, -0.05) is 44.7 Å². The standard InChI is InChI=1S/C27H42N4O5S/c1-3-4-16-31-24(32)23(19-26(34)12-6-5-7-13-26)28-25(33)27(31)14-17-30(18-15-27)20-21-8-10-22(11-9-21)29-37(2,35)36/h8-11,23,29,34H,3-7,12-20H2,1-2H3,(H,28,33)/t23-/m1/s1. The minimum absolute atomic E-state index is 0.0468. The van der Waals surface area contributed by atoms with Gasteiger partial charge in [0.1, 0.15) is 11.6 Å². The first-order chi connectivity index (χ1) is 17.5. The van der Waals surface area contributed by atoms with E-state index in [-0.39, 0.29) is 11.8 Å². The normalized spacial score (nSPS) is 24.2. The highest BCUT2D eigenvalue weighted by Gasteiger charge is 2.54. The van der Waals surface area contributed by atoms with Gasteiger partial charge in [0.05, 0.1) is 11.9 Å². The third-order valence-corrected chi connectivity index (χ3v) is 8.87. The summed E-state index contributed by atoms with van der Waals surface area (Å²) in [6, 6.07) is 6.66. The lowest BCUT2D eigenvalue weighted by atomic mass is 9.77. The first-order valence-electron chi connectivity index (χ1n) is 13.7. The monoisotopic (exact) mass is 534 g/mol. The van der Waals surface area contributed by atoms with E-state index in [9.17, 15) is 23.1 Å². The summed E-state index contributed by atoms with van der Waals surface area (Å²) < 4.78 is 25.3. The van der Waals surface area contributed by atoms with Crippen LogP contribution >= 0.6 is 0 Å². The smallest absolute Gasteiger partial charge is 0.246 e. The molecule has 4 rings (SSSR count). The number of rotatable bonds is 9. The Bertz CT molecular complexity index is 1060. The van der Waals surface area contributed by atoms with E-state index >= 15 is 0 Å². The molecule has 1 aromatic carbocycles. The Labute approximate surface area is 221 Å². The summed E-state index contributed by atoms with van der Waals surface area (Å²) in [7, 11) is -3.32. The zero-order valence-corrected chi connectivity index (χ0v) is 23.0. The van der Waals surface area contributed by atoms with Crippen LogP contribution < -0.4 is 10.0 Å². The molecule has 1 atom stereocenters. The lowest BCUT2D eigenvalue weighted by Crippen LogP contribution is -2.73. The molecule has 2 heterocycles. The fourth-order valence-corrected chi connectivity index (χ4v) is 6.74. The number of unbranched alkanes of at least 4 members (excludes halogenated alkanes) is 1. The molecule has 2 saturated heterocycles. The zero-order chi connectivity index (χ0) is 26.7. The summed E-state index contributed by atoms with van der Waals surface area (Å²) in [6.45, 7) is 4.70. The van der Waals surface area contributed by atoms with Crippen LogP contribution in [0.3, 0.4) is 0 Å². The summed E-state index contributed by atoms with van der Waals surface area (Å²) in [4.78, 5) is 31.4. The maximum atomic E-state index is 13.7. The van der Waals surface area contributed by atoms with Crippen LogP contribution in [0.1, 0.15) is 76.7 Å². The van der Waals surface area contributed by atoms with Gasteiger partial charge in [-0.3, -0.25) is 19.2 Å². The number of amides is 2. The van der Waals surface area contributed by atoms with Gasteiger partial charge in [0.25, 0.3) is 0 Å². The third-order valence-electron chi connectivity index (χ3n) is 8.26. The molecule has 0 aromatic heterocycles. The Kier molecular flexibility index (Phi) is 8.50. The maximum absolute atomic E-state index is 13.7. The Morgan fingerprint density at radius 2 is 1.70 bits per heavy atom. The number of aliphatic hydroxyl groups is 1. The summed E-state index contributed by atoms with van der Waals surface area (Å²) in [5, 5.41) is 14.1. The SMILES string of the molecule is CCCCN1C(=O)[C@@H](CC2(O)CCCCC2)NC(=O)C12CCN(Cc1ccc(NS(C)(=O)=O)cc1)CC2. The molecule has 10 heteroatoms. The highest BCUT2D eigenvalue weighted by Crippen LogP contribution is 2.37. The lowest BCUT2D eigenvalue weighted by Gasteiger charge is -2.52. The van der Waals surface area contributed by atoms with E-state index in [1.807, 2.05) is 17.0 Å². The van der Waals surface area contributed by atoms with Crippen molar-refractivity contribution in [1.29, 1.82) is 0 Å². The van der Waals surface area contributed by atoms with E-state index in [1.165, 1.54) is 0 Å². The van der Waals surface area contributed by atoms with Crippen LogP contribution in [0.2, 0.25) is 0 Å². The van der Waals surface area contributed by atoms with Crippen molar-refractivity contribution in [2.24, 2.45) is 0 Å². The Hall–Kier alpha value is -2.17. The predicted octanol–water partition coefficient (Wildman–Crippen LogP) is 2.61. The Morgan fingerprint density at radius 3 is 2.30 bits per heavy atom. The number of piperidine rings is 1. The summed E-state index contributed by atoms with van der Waals surface area (Å²) in [6.07, 6.45) is 8.74. The molecule has 3 N–H and O–H groups in total. The molecule has 2 aliphatic heterocycles. The van der Waals surface area contributed by atoms with Crippen molar-refractivity contribution in [3.8, 4) is 0 Å². The first kappa shape index (κ1) is 27.9. The number of sulfonamides is 1. The molecule has 1 saturated carbocycles. The van der Waals surface area contributed by atoms with Gasteiger partial charge in [-0.25, -0.2) is 8.42 Å². The molecule has 9 nitrogen and oxygen atoms in total. The number of hydrogen-bond donors (Lipinski definition) is 3. The molecule has 3 fully saturated rings. The van der Waals surface area contributed by atoms with Crippen LogP contribution in [0, 0.1) is 0 Å². The third kappa shape index (κ3) is 6.64. The fraction of sp³-hybridized carbons (Fsp3) is 0.704. The number of likely N-dealkylation sites (tertiary alicyclic amines) is 1. The largest absolute Gasteiger partial charge is 0.390 e. The van der Waals surface area contributed by atoms with Crippen molar-refractivity contribution in [1.82, 2.24) is 15.1 Å². The second-order valence-electron chi connectivity index (χ2n) is 11.2. The zero-order valence-electron chi connectivity index (χ0n) is 22.2. The van der Waals surface area contributed by atoms with E-state index in [4.69, 9.17) is 0 Å². The van der Waals surface area contributed by atoms with Crippen LogP contribution in [0.5, 0.6) is 0 Å². The topological polar surface area (TPSA) is 119 Å². The van der Waals surface area contributed by atoms with Crippen molar-refractivity contribution >= 4 is 27.5 Å². The van der Waals surface area contributed by atoms with Gasteiger partial charge in [0.2, 0.25) is 21.8 Å². The number of anilines is 1. The second kappa shape index (κ2) is 11.3. The van der Waals surface area contributed by atoms with Crippen molar-refractivity contribution in [2.45, 2.75) is 94.9 Å². The van der Waals surface area contributed by atoms with Crippen LogP contribution in [-0.4, -0.2) is 78.2 Å². The van der Waals surface area contributed by atoms with Crippen LogP contribution in [0.25, 0.3) is 0 Å². The molecule has 0 radical (unpaired) electrons. The molecule has 37 heavy (non-hydrogen) atoms. The molecule has 3 aliphatic rings. The Morgan fingerprint density at radius 1 is 1.05 bits per heavy atom. The van der Waals surface area contributed by atoms with Crippen molar-refractivity contribution in [2.75, 3.05) is 30.6 Å². The van der Waals surface area contributed by atoms with Gasteiger partial charge in [-0.15, -0.1) is 0 Å². The molecular weight excluding hydrogens is 492 g/mol. The molecule has 1 aliphatic carbocycles. The van der Waals surface area contributed by atoms with E-state index in [2.05, 4.69) is 21.9 Å². The van der Waals surface area contributed by atoms with Gasteiger partial charge in [0, 0.05) is 38.3 Å². The number of carbonyl (C=O) groups excluding carboxylic acids is 2. The number of nitrogens with one attached hydrogen (secondary N) is 2. The lowest BCUT2D eigenvalue weighted by molar-refractivity contribution is -0.163. The van der Waals surface area contributed by atoms with Gasteiger partial charge >= 0.3 is 0 Å². The molecule has 2 amide bonds. The summed E-state index contributed by atoms with van der Waals surface area (Å²) in [5.41, 5.74) is -0.122. The highest BCUT2D eigenvalue weighted by molar-refractivity contribution is 7.92. The number of benzene rings is 1. The summed E-state index contributed by atoms with van der Waals surface area (Å²) in [5.74, 6) is -0.127. The second-order valence-corrected chi connectivity index (χ2v) is 13.0. The summed E-state index contributed by atoms with van der Waals surface area (Å²) >= 11 is 0. The van der Waals surface area contributed by atoms with Gasteiger partial charge in [-0.2, -0.15) is 0 Å². The molecule has 0 unspecified atom stereocenters. The van der Waals surface area contributed by atoms with Crippen LogP contribution in [0.15, 0.2) is 24.3 Å². The van der Waals surface area contributed by atoms with Gasteiger partial charge in [-0.05, 0) is 49.8 Å². The predicted molar refractivity (Wildman–Crippen MR) is 143 cm³/mol. The molecule has 1 spiro atoms. The minimum atomic E-state index is -3.32. The van der Waals surface area contributed by atoms with Crippen molar-refractivity contribution in [3.63, 3.8) is 0 Å². The first-order valence-corrected chi connectivity index (χ1v) is 15.6. The molecule has 206 valence electrons. The average Bonchev–Trinajstić information content (AvgIpc) is 2.84. The Balaban J connectivity index is 1.42. The van der Waals surface area contributed by atoms with Crippen molar-refractivity contribution < 1.29 is 23.1 Å². The van der Waals surface area contributed by atoms with Crippen LogP contribution in [0.4, 0.5) is 5.69 Å². The average molecular weight is 535 g/mol. The van der Waals surface area contributed by atoms with Crippen LogP contribution in [-0.2, 0) is 26.2 Å². The molecule has 1 aromatic rings. The number of hydrogen-bond acceptors (Lipinski definition) is 6. The highest BCUT2D eigenvalue weighted by atomic mass is 32.2. The van der Waals surface area contributed by atoms with E-state index in [1.54, 1.807) is 12.1 Å². The van der Waals surface area contributed by atoms with E-state index in [0.29, 0.717) is 64.0 Å². The minimum Gasteiger partial charge on any atom is -0.390 e. The molecular formula is C27H42N4O5S. The van der Waals surface area contributed by atoms with E-state index < -0.39 is 27.2 Å². The van der Waals surface area contributed by atoms with Gasteiger partial charge < -0.3 is 15.3 Å².